The zero-order valence-electron chi connectivity index (χ0n) is 9.81. The second-order valence-corrected chi connectivity index (χ2v) is 4.12. The molecular weight excluding hydrogens is 228 g/mol. The summed E-state index contributed by atoms with van der Waals surface area (Å²) < 4.78 is 0. The predicted octanol–water partition coefficient (Wildman–Crippen LogP) is 1.49. The van der Waals surface area contributed by atoms with Crippen molar-refractivity contribution in [2.45, 2.75) is 6.92 Å². The van der Waals surface area contributed by atoms with Crippen molar-refractivity contribution < 1.29 is 0 Å². The average Bonchev–Trinajstić information content (AvgIpc) is 2.68. The van der Waals surface area contributed by atoms with E-state index in [0.717, 1.165) is 11.1 Å². The summed E-state index contributed by atoms with van der Waals surface area (Å²) in [4.78, 5) is 15.3. The molecule has 18 heavy (non-hydrogen) atoms. The van der Waals surface area contributed by atoms with Gasteiger partial charge in [0.25, 0.3) is 0 Å². The SMILES string of the molecule is Cc1cccc(-c2nc(N)nc3nc(N)[nH]c23)c1. The van der Waals surface area contributed by atoms with Crippen LogP contribution in [0.15, 0.2) is 24.3 Å². The van der Waals surface area contributed by atoms with Crippen molar-refractivity contribution in [3.63, 3.8) is 0 Å². The van der Waals surface area contributed by atoms with E-state index in [0.29, 0.717) is 22.8 Å². The third-order valence-electron chi connectivity index (χ3n) is 2.68. The number of aromatic nitrogens is 4. The summed E-state index contributed by atoms with van der Waals surface area (Å²) in [6.07, 6.45) is 0. The largest absolute Gasteiger partial charge is 0.369 e. The van der Waals surface area contributed by atoms with E-state index in [9.17, 15) is 0 Å². The maximum absolute atomic E-state index is 5.69. The molecule has 3 aromatic rings. The molecule has 5 N–H and O–H groups in total. The summed E-state index contributed by atoms with van der Waals surface area (Å²) >= 11 is 0. The zero-order chi connectivity index (χ0) is 12.7. The average molecular weight is 240 g/mol. The number of anilines is 2. The lowest BCUT2D eigenvalue weighted by atomic mass is 10.1. The Balaban J connectivity index is 2.34. The molecule has 0 radical (unpaired) electrons. The highest BCUT2D eigenvalue weighted by Gasteiger charge is 2.12. The van der Waals surface area contributed by atoms with Crippen LogP contribution in [0.1, 0.15) is 5.56 Å². The highest BCUT2D eigenvalue weighted by atomic mass is 15.1. The van der Waals surface area contributed by atoms with E-state index in [1.807, 2.05) is 31.2 Å². The molecule has 0 bridgehead atoms. The lowest BCUT2D eigenvalue weighted by Crippen LogP contribution is -1.97. The summed E-state index contributed by atoms with van der Waals surface area (Å²) in [5.41, 5.74) is 15.3. The summed E-state index contributed by atoms with van der Waals surface area (Å²) in [6.45, 7) is 2.02. The molecule has 3 rings (SSSR count). The molecular formula is C12H12N6. The van der Waals surface area contributed by atoms with Crippen molar-refractivity contribution in [3.8, 4) is 11.3 Å². The molecule has 1 aromatic carbocycles. The van der Waals surface area contributed by atoms with Gasteiger partial charge in [0, 0.05) is 5.56 Å². The topological polar surface area (TPSA) is 106 Å². The zero-order valence-corrected chi connectivity index (χ0v) is 9.81. The summed E-state index contributed by atoms with van der Waals surface area (Å²) in [5, 5.41) is 0. The van der Waals surface area contributed by atoms with Gasteiger partial charge in [0.1, 0.15) is 11.2 Å². The van der Waals surface area contributed by atoms with Gasteiger partial charge in [0.2, 0.25) is 5.95 Å². The van der Waals surface area contributed by atoms with Crippen LogP contribution in [0.4, 0.5) is 11.9 Å². The Kier molecular flexibility index (Phi) is 2.16. The smallest absolute Gasteiger partial charge is 0.222 e. The van der Waals surface area contributed by atoms with E-state index in [2.05, 4.69) is 19.9 Å². The van der Waals surface area contributed by atoms with Crippen LogP contribution in [0.2, 0.25) is 0 Å². The van der Waals surface area contributed by atoms with Gasteiger partial charge in [-0.25, -0.2) is 4.98 Å². The van der Waals surface area contributed by atoms with Crippen molar-refractivity contribution in [1.29, 1.82) is 0 Å². The van der Waals surface area contributed by atoms with Gasteiger partial charge in [0.15, 0.2) is 11.6 Å². The molecule has 2 heterocycles. The van der Waals surface area contributed by atoms with E-state index in [1.165, 1.54) is 0 Å². The Morgan fingerprint density at radius 3 is 2.72 bits per heavy atom. The number of H-pyrrole nitrogens is 1. The van der Waals surface area contributed by atoms with Gasteiger partial charge >= 0.3 is 0 Å². The van der Waals surface area contributed by atoms with Gasteiger partial charge < -0.3 is 16.5 Å². The minimum Gasteiger partial charge on any atom is -0.369 e. The summed E-state index contributed by atoms with van der Waals surface area (Å²) in [5.74, 6) is 0.490. The predicted molar refractivity (Wildman–Crippen MR) is 70.7 cm³/mol. The van der Waals surface area contributed by atoms with Crippen molar-refractivity contribution in [3.05, 3.63) is 29.8 Å². The van der Waals surface area contributed by atoms with Gasteiger partial charge in [-0.05, 0) is 13.0 Å². The molecule has 0 aliphatic carbocycles. The molecule has 6 heteroatoms. The minimum atomic E-state index is 0.186. The van der Waals surface area contributed by atoms with E-state index in [-0.39, 0.29) is 5.95 Å². The number of hydrogen-bond donors (Lipinski definition) is 3. The molecule has 0 fully saturated rings. The Hall–Kier alpha value is -2.63. The van der Waals surface area contributed by atoms with E-state index in [1.54, 1.807) is 0 Å². The first-order chi connectivity index (χ1) is 8.63. The normalized spacial score (nSPS) is 10.9. The van der Waals surface area contributed by atoms with E-state index < -0.39 is 0 Å². The number of benzene rings is 1. The van der Waals surface area contributed by atoms with Crippen LogP contribution >= 0.6 is 0 Å². The summed E-state index contributed by atoms with van der Waals surface area (Å²) in [7, 11) is 0. The van der Waals surface area contributed by atoms with E-state index in [4.69, 9.17) is 11.5 Å². The molecule has 6 nitrogen and oxygen atoms in total. The van der Waals surface area contributed by atoms with Gasteiger partial charge in [-0.1, -0.05) is 23.8 Å². The van der Waals surface area contributed by atoms with Gasteiger partial charge in [-0.2, -0.15) is 9.97 Å². The van der Waals surface area contributed by atoms with Gasteiger partial charge in [0.05, 0.1) is 0 Å². The van der Waals surface area contributed by atoms with Crippen LogP contribution < -0.4 is 11.5 Å². The molecule has 0 amide bonds. The lowest BCUT2D eigenvalue weighted by molar-refractivity contribution is 1.22. The number of nitrogens with zero attached hydrogens (tertiary/aromatic N) is 3. The standard InChI is InChI=1S/C12H12N6/c1-6-3-2-4-7(5-6)8-9-10(17-11(13)15-8)18-12(14)16-9/h2-5H,1H3,(H5,13,14,15,16,17,18). The molecule has 0 saturated heterocycles. The molecule has 0 saturated carbocycles. The number of hydrogen-bond acceptors (Lipinski definition) is 5. The minimum absolute atomic E-state index is 0.186. The Bertz CT molecular complexity index is 731. The fraction of sp³-hybridized carbons (Fsp3) is 0.0833. The third kappa shape index (κ3) is 1.64. The maximum atomic E-state index is 5.69. The van der Waals surface area contributed by atoms with Crippen molar-refractivity contribution in [1.82, 2.24) is 19.9 Å². The van der Waals surface area contributed by atoms with Crippen LogP contribution in [0.25, 0.3) is 22.4 Å². The molecule has 90 valence electrons. The van der Waals surface area contributed by atoms with Crippen molar-refractivity contribution in [2.24, 2.45) is 0 Å². The number of fused-ring (bicyclic) bond motifs is 1. The monoisotopic (exact) mass is 240 g/mol. The fourth-order valence-electron chi connectivity index (χ4n) is 1.93. The number of nitrogen functional groups attached to an aromatic ring is 2. The van der Waals surface area contributed by atoms with Crippen LogP contribution in [-0.2, 0) is 0 Å². The maximum Gasteiger partial charge on any atom is 0.222 e. The number of rotatable bonds is 1. The number of aromatic amines is 1. The second kappa shape index (κ2) is 3.69. The van der Waals surface area contributed by atoms with E-state index >= 15 is 0 Å². The van der Waals surface area contributed by atoms with Gasteiger partial charge in [-0.3, -0.25) is 0 Å². The highest BCUT2D eigenvalue weighted by molar-refractivity contribution is 5.89. The first-order valence-electron chi connectivity index (χ1n) is 5.49. The van der Waals surface area contributed by atoms with Crippen molar-refractivity contribution in [2.75, 3.05) is 11.5 Å². The first-order valence-corrected chi connectivity index (χ1v) is 5.49. The van der Waals surface area contributed by atoms with Crippen molar-refractivity contribution >= 4 is 23.1 Å². The Morgan fingerprint density at radius 1 is 1.11 bits per heavy atom. The number of imidazole rings is 1. The molecule has 0 aliphatic heterocycles. The molecule has 0 spiro atoms. The van der Waals surface area contributed by atoms with Crippen LogP contribution in [0.3, 0.4) is 0 Å². The first kappa shape index (κ1) is 10.5. The molecule has 0 aliphatic rings. The molecule has 2 aromatic heterocycles. The highest BCUT2D eigenvalue weighted by Crippen LogP contribution is 2.26. The third-order valence-corrected chi connectivity index (χ3v) is 2.68. The molecule has 0 unspecified atom stereocenters. The number of aryl methyl sites for hydroxylation is 1. The Morgan fingerprint density at radius 2 is 1.94 bits per heavy atom. The second-order valence-electron chi connectivity index (χ2n) is 4.12. The van der Waals surface area contributed by atoms with Crippen LogP contribution in [-0.4, -0.2) is 19.9 Å². The van der Waals surface area contributed by atoms with Crippen LogP contribution in [0.5, 0.6) is 0 Å². The van der Waals surface area contributed by atoms with Gasteiger partial charge in [-0.15, -0.1) is 0 Å². The number of nitrogens with one attached hydrogen (secondary N) is 1. The number of nitrogens with two attached hydrogens (primary N) is 2. The summed E-state index contributed by atoms with van der Waals surface area (Å²) in [6, 6.07) is 7.98. The quantitative estimate of drug-likeness (QED) is 0.597. The van der Waals surface area contributed by atoms with Crippen LogP contribution in [0, 0.1) is 6.92 Å². The fourth-order valence-corrected chi connectivity index (χ4v) is 1.93. The Labute approximate surface area is 103 Å². The lowest BCUT2D eigenvalue weighted by Gasteiger charge is -2.04. The molecule has 0 atom stereocenters.